The van der Waals surface area contributed by atoms with Crippen molar-refractivity contribution in [3.63, 3.8) is 0 Å². The highest BCUT2D eigenvalue weighted by atomic mass is 16.5. The van der Waals surface area contributed by atoms with Crippen LogP contribution in [-0.2, 0) is 0 Å². The van der Waals surface area contributed by atoms with Gasteiger partial charge >= 0.3 is 0 Å². The van der Waals surface area contributed by atoms with Crippen molar-refractivity contribution in [2.45, 2.75) is 38.0 Å². The van der Waals surface area contributed by atoms with Gasteiger partial charge in [0.2, 0.25) is 0 Å². The van der Waals surface area contributed by atoms with Crippen LogP contribution in [0.1, 0.15) is 59.5 Å². The number of hydrogen-bond donors (Lipinski definition) is 0. The van der Waals surface area contributed by atoms with E-state index < -0.39 is 0 Å². The van der Waals surface area contributed by atoms with Crippen LogP contribution < -0.4 is 9.47 Å². The molecule has 0 unspecified atom stereocenters. The van der Waals surface area contributed by atoms with Crippen molar-refractivity contribution in [1.29, 1.82) is 0 Å². The predicted octanol–water partition coefficient (Wildman–Crippen LogP) is 5.65. The Morgan fingerprint density at radius 1 is 0.923 bits per heavy atom. The third-order valence-electron chi connectivity index (χ3n) is 5.07. The van der Waals surface area contributed by atoms with E-state index in [4.69, 9.17) is 9.47 Å². The van der Waals surface area contributed by atoms with E-state index in [1.54, 1.807) is 26.4 Å². The van der Waals surface area contributed by atoms with E-state index in [1.165, 1.54) is 37.7 Å². The molecule has 3 nitrogen and oxygen atoms in total. The first-order valence-corrected chi connectivity index (χ1v) is 9.25. The molecule has 2 aromatic rings. The highest BCUT2D eigenvalue weighted by Gasteiger charge is 2.15. The molecule has 0 N–H and O–H groups in total. The topological polar surface area (TPSA) is 35.5 Å². The van der Waals surface area contributed by atoms with Crippen LogP contribution in [0.5, 0.6) is 11.5 Å². The Kier molecular flexibility index (Phi) is 6.11. The molecule has 0 saturated heterocycles. The molecule has 136 valence electrons. The molecule has 3 heteroatoms. The largest absolute Gasteiger partial charge is 0.497 e. The number of methoxy groups -OCH3 is 2. The summed E-state index contributed by atoms with van der Waals surface area (Å²) in [4.78, 5) is 12.5. The second-order valence-electron chi connectivity index (χ2n) is 6.80. The maximum atomic E-state index is 12.5. The lowest BCUT2D eigenvalue weighted by molar-refractivity contribution is 0.104. The van der Waals surface area contributed by atoms with Gasteiger partial charge in [0, 0.05) is 11.6 Å². The highest BCUT2D eigenvalue weighted by molar-refractivity contribution is 6.06. The monoisotopic (exact) mass is 350 g/mol. The van der Waals surface area contributed by atoms with Gasteiger partial charge in [-0.05, 0) is 48.1 Å². The van der Waals surface area contributed by atoms with Crippen molar-refractivity contribution in [3.05, 3.63) is 65.2 Å². The van der Waals surface area contributed by atoms with Gasteiger partial charge in [0.1, 0.15) is 11.5 Å². The summed E-state index contributed by atoms with van der Waals surface area (Å²) in [5, 5.41) is 0. The van der Waals surface area contributed by atoms with Gasteiger partial charge < -0.3 is 9.47 Å². The molecule has 1 fully saturated rings. The van der Waals surface area contributed by atoms with Crippen LogP contribution in [0.15, 0.2) is 48.5 Å². The Hall–Kier alpha value is -2.55. The summed E-state index contributed by atoms with van der Waals surface area (Å²) in [6.07, 6.45) is 9.92. The minimum atomic E-state index is 0.00183. The molecule has 0 radical (unpaired) electrons. The van der Waals surface area contributed by atoms with Crippen LogP contribution >= 0.6 is 0 Å². The number of allylic oxidation sites excluding steroid dienone is 1. The average Bonchev–Trinajstić information content (AvgIpc) is 2.72. The molecule has 0 atom stereocenters. The molecule has 1 saturated carbocycles. The van der Waals surface area contributed by atoms with Crippen LogP contribution in [0.25, 0.3) is 6.08 Å². The van der Waals surface area contributed by atoms with Crippen LogP contribution in [0.4, 0.5) is 0 Å². The fourth-order valence-electron chi connectivity index (χ4n) is 3.55. The van der Waals surface area contributed by atoms with E-state index in [0.717, 1.165) is 11.1 Å². The van der Waals surface area contributed by atoms with E-state index in [9.17, 15) is 4.79 Å². The van der Waals surface area contributed by atoms with Gasteiger partial charge in [0.25, 0.3) is 0 Å². The van der Waals surface area contributed by atoms with Gasteiger partial charge in [-0.25, -0.2) is 0 Å². The van der Waals surface area contributed by atoms with Crippen molar-refractivity contribution in [3.8, 4) is 11.5 Å². The molecule has 26 heavy (non-hydrogen) atoms. The molecule has 2 aromatic carbocycles. The van der Waals surface area contributed by atoms with Crippen molar-refractivity contribution in [2.75, 3.05) is 14.2 Å². The third-order valence-corrected chi connectivity index (χ3v) is 5.07. The quantitative estimate of drug-likeness (QED) is 0.499. The lowest BCUT2D eigenvalue weighted by Crippen LogP contribution is -2.05. The SMILES string of the molecule is COc1cc(/C=C/C(=O)c2ccc(C3CCCCC3)cc2)cc(OC)c1. The first-order chi connectivity index (χ1) is 12.7. The second kappa shape index (κ2) is 8.70. The Bertz CT molecular complexity index is 746. The maximum absolute atomic E-state index is 12.5. The van der Waals surface area contributed by atoms with Gasteiger partial charge in [0.15, 0.2) is 5.78 Å². The van der Waals surface area contributed by atoms with Crippen LogP contribution in [0, 0.1) is 0 Å². The molecule has 0 spiro atoms. The van der Waals surface area contributed by atoms with E-state index >= 15 is 0 Å². The zero-order chi connectivity index (χ0) is 18.4. The van der Waals surface area contributed by atoms with E-state index in [-0.39, 0.29) is 5.78 Å². The molecule has 0 bridgehead atoms. The molecule has 3 rings (SSSR count). The molecule has 1 aliphatic carbocycles. The molecule has 0 aliphatic heterocycles. The van der Waals surface area contributed by atoms with E-state index in [1.807, 2.05) is 30.3 Å². The number of hydrogen-bond acceptors (Lipinski definition) is 3. The molecule has 0 aromatic heterocycles. The van der Waals surface area contributed by atoms with E-state index in [2.05, 4.69) is 12.1 Å². The van der Waals surface area contributed by atoms with Crippen molar-refractivity contribution >= 4 is 11.9 Å². The van der Waals surface area contributed by atoms with Gasteiger partial charge in [-0.1, -0.05) is 49.6 Å². The molecular weight excluding hydrogens is 324 g/mol. The number of ketones is 1. The summed E-state index contributed by atoms with van der Waals surface area (Å²) < 4.78 is 10.5. The van der Waals surface area contributed by atoms with Gasteiger partial charge in [0.05, 0.1) is 14.2 Å². The normalized spacial score (nSPS) is 15.2. The standard InChI is InChI=1S/C23H26O3/c1-25-21-14-17(15-22(16-21)26-2)8-13-23(24)20-11-9-19(10-12-20)18-6-4-3-5-7-18/h8-16,18H,3-7H2,1-2H3/b13-8+. The van der Waals surface area contributed by atoms with Gasteiger partial charge in [-0.15, -0.1) is 0 Å². The first-order valence-electron chi connectivity index (χ1n) is 9.25. The third kappa shape index (κ3) is 4.54. The van der Waals surface area contributed by atoms with Gasteiger partial charge in [-0.3, -0.25) is 4.79 Å². The number of carbonyl (C=O) groups is 1. The Morgan fingerprint density at radius 3 is 2.12 bits per heavy atom. The number of carbonyl (C=O) groups excluding carboxylic acids is 1. The summed E-state index contributed by atoms with van der Waals surface area (Å²) in [6.45, 7) is 0. The zero-order valence-electron chi connectivity index (χ0n) is 15.5. The van der Waals surface area contributed by atoms with Crippen LogP contribution in [-0.4, -0.2) is 20.0 Å². The number of rotatable bonds is 6. The van der Waals surface area contributed by atoms with Crippen molar-refractivity contribution in [2.24, 2.45) is 0 Å². The second-order valence-corrected chi connectivity index (χ2v) is 6.80. The fraction of sp³-hybridized carbons (Fsp3) is 0.348. The fourth-order valence-corrected chi connectivity index (χ4v) is 3.55. The predicted molar refractivity (Wildman–Crippen MR) is 105 cm³/mol. The first kappa shape index (κ1) is 18.2. The van der Waals surface area contributed by atoms with E-state index in [0.29, 0.717) is 17.4 Å². The van der Waals surface area contributed by atoms with Gasteiger partial charge in [-0.2, -0.15) is 0 Å². The molecule has 0 amide bonds. The van der Waals surface area contributed by atoms with Crippen LogP contribution in [0.3, 0.4) is 0 Å². The summed E-state index contributed by atoms with van der Waals surface area (Å²) in [5.74, 6) is 2.07. The Balaban J connectivity index is 1.70. The smallest absolute Gasteiger partial charge is 0.185 e. The van der Waals surface area contributed by atoms with Crippen molar-refractivity contribution < 1.29 is 14.3 Å². The Morgan fingerprint density at radius 2 is 1.54 bits per heavy atom. The molecular formula is C23H26O3. The maximum Gasteiger partial charge on any atom is 0.185 e. The zero-order valence-corrected chi connectivity index (χ0v) is 15.5. The Labute approximate surface area is 155 Å². The summed E-state index contributed by atoms with van der Waals surface area (Å²) >= 11 is 0. The van der Waals surface area contributed by atoms with Crippen LogP contribution in [0.2, 0.25) is 0 Å². The minimum absolute atomic E-state index is 0.00183. The van der Waals surface area contributed by atoms with Crippen molar-refractivity contribution in [1.82, 2.24) is 0 Å². The lowest BCUT2D eigenvalue weighted by atomic mass is 9.84. The highest BCUT2D eigenvalue weighted by Crippen LogP contribution is 2.32. The average molecular weight is 350 g/mol. The summed E-state index contributed by atoms with van der Waals surface area (Å²) in [5.41, 5.74) is 2.95. The lowest BCUT2D eigenvalue weighted by Gasteiger charge is -2.21. The summed E-state index contributed by atoms with van der Waals surface area (Å²) in [6, 6.07) is 13.7. The minimum Gasteiger partial charge on any atom is -0.497 e. The number of benzene rings is 2. The molecule has 1 aliphatic rings. The molecule has 0 heterocycles. The number of ether oxygens (including phenoxy) is 2. The summed E-state index contributed by atoms with van der Waals surface area (Å²) in [7, 11) is 3.22.